The van der Waals surface area contributed by atoms with Gasteiger partial charge in [-0.2, -0.15) is 5.26 Å². The Morgan fingerprint density at radius 1 is 1.64 bits per heavy atom. The molecule has 0 bridgehead atoms. The molecule has 0 spiro atoms. The molecule has 0 amide bonds. The summed E-state index contributed by atoms with van der Waals surface area (Å²) in [6, 6.07) is 1.88. The van der Waals surface area contributed by atoms with Gasteiger partial charge < -0.3 is 9.84 Å². The predicted octanol–water partition coefficient (Wildman–Crippen LogP) is 1.10. The zero-order valence-corrected chi connectivity index (χ0v) is 8.91. The molecule has 4 nitrogen and oxygen atoms in total. The molecule has 0 fully saturated rings. The van der Waals surface area contributed by atoms with Crippen molar-refractivity contribution in [2.45, 2.75) is 27.2 Å². The highest BCUT2D eigenvalue weighted by Gasteiger charge is 2.44. The van der Waals surface area contributed by atoms with Crippen LogP contribution < -0.4 is 0 Å². The lowest BCUT2D eigenvalue weighted by atomic mass is 9.77. The molecule has 0 saturated heterocycles. The highest BCUT2D eigenvalue weighted by molar-refractivity contribution is 5.80. The number of esters is 1. The van der Waals surface area contributed by atoms with Crippen LogP contribution in [0.2, 0.25) is 0 Å². The van der Waals surface area contributed by atoms with E-state index >= 15 is 0 Å². The van der Waals surface area contributed by atoms with Gasteiger partial charge in [-0.25, -0.2) is 0 Å². The molecule has 1 unspecified atom stereocenters. The molecule has 0 aromatic rings. The first-order chi connectivity index (χ1) is 6.58. The Morgan fingerprint density at radius 3 is 2.50 bits per heavy atom. The summed E-state index contributed by atoms with van der Waals surface area (Å²) in [6.45, 7) is 5.03. The Bertz CT molecular complexity index is 234. The fourth-order valence-electron chi connectivity index (χ4n) is 1.22. The fraction of sp³-hybridized carbons (Fsp3) is 0.800. The molecule has 0 aliphatic rings. The van der Waals surface area contributed by atoms with Gasteiger partial charge in [0.2, 0.25) is 0 Å². The number of nitrogens with zero attached hydrogens (tertiary/aromatic N) is 1. The van der Waals surface area contributed by atoms with Gasteiger partial charge in [0.15, 0.2) is 5.41 Å². The highest BCUT2D eigenvalue weighted by Crippen LogP contribution is 2.30. The van der Waals surface area contributed by atoms with E-state index in [2.05, 4.69) is 0 Å². The summed E-state index contributed by atoms with van der Waals surface area (Å²) in [7, 11) is 0. The van der Waals surface area contributed by atoms with E-state index in [1.54, 1.807) is 13.8 Å². The molecular weight excluding hydrogens is 182 g/mol. The van der Waals surface area contributed by atoms with Crippen LogP contribution in [0.25, 0.3) is 0 Å². The summed E-state index contributed by atoms with van der Waals surface area (Å²) in [5.74, 6) is -0.837. The maximum atomic E-state index is 11.5. The van der Waals surface area contributed by atoms with Crippen LogP contribution in [0.15, 0.2) is 0 Å². The van der Waals surface area contributed by atoms with Crippen molar-refractivity contribution in [1.82, 2.24) is 0 Å². The number of aliphatic hydroxyl groups excluding tert-OH is 1. The summed E-state index contributed by atoms with van der Waals surface area (Å²) in [6.07, 6.45) is 0.646. The number of ether oxygens (including phenoxy) is 1. The molecule has 0 heterocycles. The average Bonchev–Trinajstić information content (AvgIpc) is 2.20. The Labute approximate surface area is 84.5 Å². The van der Waals surface area contributed by atoms with Crippen molar-refractivity contribution in [3.05, 3.63) is 0 Å². The molecule has 2 atom stereocenters. The maximum Gasteiger partial charge on any atom is 0.329 e. The normalized spacial score (nSPS) is 16.5. The van der Waals surface area contributed by atoms with Crippen molar-refractivity contribution >= 4 is 5.97 Å². The molecule has 0 radical (unpaired) electrons. The van der Waals surface area contributed by atoms with Crippen molar-refractivity contribution in [2.24, 2.45) is 11.3 Å². The number of nitriles is 1. The molecule has 80 valence electrons. The lowest BCUT2D eigenvalue weighted by molar-refractivity contribution is -0.157. The van der Waals surface area contributed by atoms with Gasteiger partial charge in [0.1, 0.15) is 0 Å². The van der Waals surface area contributed by atoms with Crippen LogP contribution in [-0.2, 0) is 9.53 Å². The number of rotatable bonds is 5. The van der Waals surface area contributed by atoms with Crippen molar-refractivity contribution in [1.29, 1.82) is 5.26 Å². The van der Waals surface area contributed by atoms with Gasteiger partial charge in [-0.1, -0.05) is 20.3 Å². The average molecular weight is 199 g/mol. The van der Waals surface area contributed by atoms with Gasteiger partial charge in [-0.3, -0.25) is 4.79 Å². The number of carbonyl (C=O) groups is 1. The molecule has 0 aliphatic carbocycles. The molecule has 4 heteroatoms. The smallest absolute Gasteiger partial charge is 0.329 e. The lowest BCUT2D eigenvalue weighted by Crippen LogP contribution is -2.40. The van der Waals surface area contributed by atoms with Crippen LogP contribution >= 0.6 is 0 Å². The predicted molar refractivity (Wildman–Crippen MR) is 51.2 cm³/mol. The first-order valence-corrected chi connectivity index (χ1v) is 4.78. The van der Waals surface area contributed by atoms with Gasteiger partial charge in [0.05, 0.1) is 19.3 Å². The van der Waals surface area contributed by atoms with Crippen LogP contribution in [0.4, 0.5) is 0 Å². The molecule has 0 aliphatic heterocycles. The van der Waals surface area contributed by atoms with Gasteiger partial charge in [-0.05, 0) is 12.8 Å². The Morgan fingerprint density at radius 2 is 2.21 bits per heavy atom. The summed E-state index contributed by atoms with van der Waals surface area (Å²) >= 11 is 0. The minimum absolute atomic E-state index is 0.212. The Balaban J connectivity index is 4.89. The zero-order valence-electron chi connectivity index (χ0n) is 8.91. The monoisotopic (exact) mass is 199 g/mol. The second-order valence-electron chi connectivity index (χ2n) is 3.27. The standard InChI is InChI=1S/C10H17NO3/c1-4-8(3)10(6-11,7-12)9(13)14-5-2/h8,12H,4-5,7H2,1-3H3/t8?,10-/m0/s1. The van der Waals surface area contributed by atoms with E-state index in [0.717, 1.165) is 0 Å². The minimum Gasteiger partial charge on any atom is -0.465 e. The first-order valence-electron chi connectivity index (χ1n) is 4.78. The summed E-state index contributed by atoms with van der Waals surface area (Å²) < 4.78 is 4.79. The van der Waals surface area contributed by atoms with Crippen LogP contribution in [0, 0.1) is 22.7 Å². The summed E-state index contributed by atoms with van der Waals surface area (Å²) in [5.41, 5.74) is -1.40. The van der Waals surface area contributed by atoms with Gasteiger partial charge in [0, 0.05) is 0 Å². The fourth-order valence-corrected chi connectivity index (χ4v) is 1.22. The molecular formula is C10H17NO3. The van der Waals surface area contributed by atoms with Crippen LogP contribution in [0.5, 0.6) is 0 Å². The molecule has 0 aromatic carbocycles. The first kappa shape index (κ1) is 12.9. The zero-order chi connectivity index (χ0) is 11.2. The molecule has 0 saturated carbocycles. The summed E-state index contributed by atoms with van der Waals surface area (Å²) in [5, 5.41) is 18.1. The van der Waals surface area contributed by atoms with E-state index in [4.69, 9.17) is 15.1 Å². The van der Waals surface area contributed by atoms with Gasteiger partial charge in [0.25, 0.3) is 0 Å². The largest absolute Gasteiger partial charge is 0.465 e. The second kappa shape index (κ2) is 5.61. The van der Waals surface area contributed by atoms with Crippen molar-refractivity contribution in [2.75, 3.05) is 13.2 Å². The van der Waals surface area contributed by atoms with Crippen LogP contribution in [0.1, 0.15) is 27.2 Å². The second-order valence-corrected chi connectivity index (χ2v) is 3.27. The van der Waals surface area contributed by atoms with E-state index in [-0.39, 0.29) is 12.5 Å². The number of aliphatic hydroxyl groups is 1. The summed E-state index contributed by atoms with van der Waals surface area (Å²) in [4.78, 5) is 11.5. The maximum absolute atomic E-state index is 11.5. The topological polar surface area (TPSA) is 70.3 Å². The highest BCUT2D eigenvalue weighted by atomic mass is 16.5. The van der Waals surface area contributed by atoms with E-state index in [9.17, 15) is 4.79 Å². The van der Waals surface area contributed by atoms with Crippen LogP contribution in [-0.4, -0.2) is 24.3 Å². The molecule has 14 heavy (non-hydrogen) atoms. The number of hydrogen-bond acceptors (Lipinski definition) is 4. The molecule has 1 N–H and O–H groups in total. The van der Waals surface area contributed by atoms with E-state index in [1.807, 2.05) is 13.0 Å². The van der Waals surface area contributed by atoms with E-state index in [1.165, 1.54) is 0 Å². The van der Waals surface area contributed by atoms with Crippen molar-refractivity contribution < 1.29 is 14.6 Å². The molecule has 0 rings (SSSR count). The lowest BCUT2D eigenvalue weighted by Gasteiger charge is -2.27. The molecule has 0 aromatic heterocycles. The quantitative estimate of drug-likeness (QED) is 0.673. The SMILES string of the molecule is CCOC(=O)[C@@](C#N)(CO)C(C)CC. The number of hydrogen-bond donors (Lipinski definition) is 1. The van der Waals surface area contributed by atoms with Crippen LogP contribution in [0.3, 0.4) is 0 Å². The van der Waals surface area contributed by atoms with Gasteiger partial charge in [-0.15, -0.1) is 0 Å². The van der Waals surface area contributed by atoms with E-state index in [0.29, 0.717) is 6.42 Å². The third kappa shape index (κ3) is 2.24. The third-order valence-corrected chi connectivity index (χ3v) is 2.54. The van der Waals surface area contributed by atoms with E-state index < -0.39 is 18.0 Å². The number of carbonyl (C=O) groups excluding carboxylic acids is 1. The third-order valence-electron chi connectivity index (χ3n) is 2.54. The minimum atomic E-state index is -1.40. The Hall–Kier alpha value is -1.08. The van der Waals surface area contributed by atoms with Crippen molar-refractivity contribution in [3.63, 3.8) is 0 Å². The van der Waals surface area contributed by atoms with Crippen molar-refractivity contribution in [3.8, 4) is 6.07 Å². The Kier molecular flexibility index (Phi) is 5.18. The van der Waals surface area contributed by atoms with Gasteiger partial charge >= 0.3 is 5.97 Å².